The zero-order chi connectivity index (χ0) is 15.6. The number of nitro groups is 1. The molecular formula is C13H19N3O4S. The minimum absolute atomic E-state index is 0.0211. The first-order valence-corrected chi connectivity index (χ1v) is 8.28. The van der Waals surface area contributed by atoms with Crippen molar-refractivity contribution in [2.45, 2.75) is 37.6 Å². The van der Waals surface area contributed by atoms with Gasteiger partial charge in [0.1, 0.15) is 0 Å². The number of nitro benzene ring substituents is 1. The minimum atomic E-state index is -3.75. The van der Waals surface area contributed by atoms with Crippen LogP contribution in [0.4, 0.5) is 5.69 Å². The Hall–Kier alpha value is -1.51. The van der Waals surface area contributed by atoms with Crippen LogP contribution in [0.5, 0.6) is 0 Å². The first-order valence-electron chi connectivity index (χ1n) is 6.80. The van der Waals surface area contributed by atoms with Crippen LogP contribution in [-0.2, 0) is 10.0 Å². The van der Waals surface area contributed by atoms with E-state index in [1.54, 1.807) is 13.8 Å². The maximum absolute atomic E-state index is 12.4. The number of nitrogens with zero attached hydrogens (tertiary/aromatic N) is 1. The quantitative estimate of drug-likeness (QED) is 0.629. The monoisotopic (exact) mass is 313 g/mol. The zero-order valence-electron chi connectivity index (χ0n) is 12.0. The van der Waals surface area contributed by atoms with Gasteiger partial charge < -0.3 is 5.32 Å². The van der Waals surface area contributed by atoms with Gasteiger partial charge in [-0.2, -0.15) is 0 Å². The number of rotatable bonds is 5. The van der Waals surface area contributed by atoms with Gasteiger partial charge in [-0.25, -0.2) is 13.1 Å². The van der Waals surface area contributed by atoms with E-state index in [0.717, 1.165) is 25.5 Å². The van der Waals surface area contributed by atoms with E-state index < -0.39 is 14.9 Å². The molecule has 7 nitrogen and oxygen atoms in total. The Morgan fingerprint density at radius 3 is 2.71 bits per heavy atom. The van der Waals surface area contributed by atoms with E-state index in [4.69, 9.17) is 0 Å². The summed E-state index contributed by atoms with van der Waals surface area (Å²) >= 11 is 0. The molecule has 21 heavy (non-hydrogen) atoms. The molecule has 0 saturated carbocycles. The smallest absolute Gasteiger partial charge is 0.271 e. The maximum Gasteiger partial charge on any atom is 0.271 e. The number of benzene rings is 1. The number of aryl methyl sites for hydroxylation is 1. The topological polar surface area (TPSA) is 101 Å². The highest BCUT2D eigenvalue weighted by atomic mass is 32.2. The van der Waals surface area contributed by atoms with Crippen molar-refractivity contribution in [3.05, 3.63) is 33.4 Å². The van der Waals surface area contributed by atoms with Crippen molar-refractivity contribution in [3.8, 4) is 0 Å². The summed E-state index contributed by atoms with van der Waals surface area (Å²) in [6.07, 6.45) is 1.96. The molecule has 2 rings (SSSR count). The molecule has 1 saturated heterocycles. The van der Waals surface area contributed by atoms with Crippen LogP contribution in [0, 0.1) is 24.0 Å². The summed E-state index contributed by atoms with van der Waals surface area (Å²) in [5, 5.41) is 14.1. The van der Waals surface area contributed by atoms with Crippen LogP contribution in [0.2, 0.25) is 0 Å². The first kappa shape index (κ1) is 15.9. The van der Waals surface area contributed by atoms with E-state index >= 15 is 0 Å². The molecule has 0 aromatic heterocycles. The molecule has 1 aromatic rings. The van der Waals surface area contributed by atoms with Gasteiger partial charge in [0.05, 0.1) is 9.82 Å². The molecule has 1 aliphatic heterocycles. The van der Waals surface area contributed by atoms with E-state index in [2.05, 4.69) is 10.0 Å². The molecule has 1 aromatic carbocycles. The molecule has 1 fully saturated rings. The average molecular weight is 313 g/mol. The van der Waals surface area contributed by atoms with Crippen LogP contribution in [0.1, 0.15) is 24.0 Å². The van der Waals surface area contributed by atoms with E-state index in [1.807, 2.05) is 0 Å². The molecule has 8 heteroatoms. The lowest BCUT2D eigenvalue weighted by Gasteiger charge is -2.14. The van der Waals surface area contributed by atoms with Crippen molar-refractivity contribution >= 4 is 15.7 Å². The predicted molar refractivity (Wildman–Crippen MR) is 78.8 cm³/mol. The second-order valence-corrected chi connectivity index (χ2v) is 7.02. The maximum atomic E-state index is 12.4. The summed E-state index contributed by atoms with van der Waals surface area (Å²) in [5.41, 5.74) is 0.911. The molecular weight excluding hydrogens is 294 g/mol. The van der Waals surface area contributed by atoms with Crippen LogP contribution in [0.15, 0.2) is 17.0 Å². The Kier molecular flexibility index (Phi) is 4.60. The van der Waals surface area contributed by atoms with E-state index in [1.165, 1.54) is 6.07 Å². The number of nitrogens with one attached hydrogen (secondary N) is 2. The summed E-state index contributed by atoms with van der Waals surface area (Å²) in [5.74, 6) is 0. The highest BCUT2D eigenvalue weighted by Gasteiger charge is 2.24. The lowest BCUT2D eigenvalue weighted by Crippen LogP contribution is -2.37. The molecule has 1 unspecified atom stereocenters. The van der Waals surface area contributed by atoms with Crippen LogP contribution in [0.3, 0.4) is 0 Å². The Morgan fingerprint density at radius 2 is 2.14 bits per heavy atom. The predicted octanol–water partition coefficient (Wildman–Crippen LogP) is 1.24. The minimum Gasteiger partial charge on any atom is -0.313 e. The molecule has 0 spiro atoms. The fraction of sp³-hybridized carbons (Fsp3) is 0.538. The molecule has 1 atom stereocenters. The van der Waals surface area contributed by atoms with Gasteiger partial charge in [-0.3, -0.25) is 10.1 Å². The van der Waals surface area contributed by atoms with Crippen LogP contribution < -0.4 is 10.0 Å². The number of hydrogen-bond acceptors (Lipinski definition) is 5. The van der Waals surface area contributed by atoms with Crippen molar-refractivity contribution in [2.75, 3.05) is 13.1 Å². The molecule has 116 valence electrons. The van der Waals surface area contributed by atoms with Gasteiger partial charge in [-0.1, -0.05) is 0 Å². The molecule has 0 aliphatic carbocycles. The van der Waals surface area contributed by atoms with Crippen molar-refractivity contribution < 1.29 is 13.3 Å². The highest BCUT2D eigenvalue weighted by Crippen LogP contribution is 2.25. The van der Waals surface area contributed by atoms with Gasteiger partial charge in [0.15, 0.2) is 0 Å². The lowest BCUT2D eigenvalue weighted by atomic mass is 10.1. The van der Waals surface area contributed by atoms with E-state index in [-0.39, 0.29) is 16.6 Å². The molecule has 1 aliphatic rings. The summed E-state index contributed by atoms with van der Waals surface area (Å²) in [4.78, 5) is 10.3. The Balaban J connectivity index is 2.27. The molecule has 0 amide bonds. The molecule has 0 bridgehead atoms. The fourth-order valence-electron chi connectivity index (χ4n) is 2.41. The van der Waals surface area contributed by atoms with E-state index in [0.29, 0.717) is 17.7 Å². The van der Waals surface area contributed by atoms with Crippen molar-refractivity contribution in [3.63, 3.8) is 0 Å². The van der Waals surface area contributed by atoms with Gasteiger partial charge in [0.25, 0.3) is 5.69 Å². The van der Waals surface area contributed by atoms with Crippen LogP contribution in [0.25, 0.3) is 0 Å². The average Bonchev–Trinajstić information content (AvgIpc) is 2.92. The van der Waals surface area contributed by atoms with Crippen LogP contribution >= 0.6 is 0 Å². The second-order valence-electron chi connectivity index (χ2n) is 5.29. The lowest BCUT2D eigenvalue weighted by molar-refractivity contribution is -0.385. The third-order valence-electron chi connectivity index (χ3n) is 3.79. The van der Waals surface area contributed by atoms with Crippen molar-refractivity contribution in [1.29, 1.82) is 0 Å². The van der Waals surface area contributed by atoms with Crippen molar-refractivity contribution in [1.82, 2.24) is 10.0 Å². The summed E-state index contributed by atoms with van der Waals surface area (Å²) in [7, 11) is -3.75. The molecule has 1 heterocycles. The number of sulfonamides is 1. The third kappa shape index (κ3) is 3.58. The number of non-ortho nitro benzene ring substituents is 1. The van der Waals surface area contributed by atoms with Gasteiger partial charge in [0.2, 0.25) is 10.0 Å². The van der Waals surface area contributed by atoms with Gasteiger partial charge >= 0.3 is 0 Å². The standard InChI is InChI=1S/C13H19N3O4S/c1-9-6-12(16(17)18)7-13(10(9)2)21(19,20)15-8-11-4-3-5-14-11/h6-7,11,14-15H,3-5,8H2,1-2H3. The SMILES string of the molecule is Cc1cc([N+](=O)[O-])cc(S(=O)(=O)NCC2CCCN2)c1C. The summed E-state index contributed by atoms with van der Waals surface area (Å²) in [6, 6.07) is 2.62. The Bertz CT molecular complexity index is 652. The Labute approximate surface area is 123 Å². The van der Waals surface area contributed by atoms with Gasteiger partial charge in [-0.15, -0.1) is 0 Å². The molecule has 2 N–H and O–H groups in total. The zero-order valence-corrected chi connectivity index (χ0v) is 12.9. The molecule has 0 radical (unpaired) electrons. The third-order valence-corrected chi connectivity index (χ3v) is 5.34. The van der Waals surface area contributed by atoms with Gasteiger partial charge in [-0.05, 0) is 44.4 Å². The highest BCUT2D eigenvalue weighted by molar-refractivity contribution is 7.89. The summed E-state index contributed by atoms with van der Waals surface area (Å²) in [6.45, 7) is 4.51. The van der Waals surface area contributed by atoms with Gasteiger partial charge in [0, 0.05) is 24.7 Å². The fourth-order valence-corrected chi connectivity index (χ4v) is 3.83. The Morgan fingerprint density at radius 1 is 1.43 bits per heavy atom. The normalized spacial score (nSPS) is 18.9. The van der Waals surface area contributed by atoms with Crippen LogP contribution in [-0.4, -0.2) is 32.5 Å². The van der Waals surface area contributed by atoms with E-state index in [9.17, 15) is 18.5 Å². The number of hydrogen-bond donors (Lipinski definition) is 2. The van der Waals surface area contributed by atoms with Crippen molar-refractivity contribution in [2.24, 2.45) is 0 Å². The second kappa shape index (κ2) is 6.08. The largest absolute Gasteiger partial charge is 0.313 e. The summed E-state index contributed by atoms with van der Waals surface area (Å²) < 4.78 is 27.3. The first-order chi connectivity index (χ1) is 9.81.